The SMILES string of the molecule is CCn1cc(C(=O)N2CCCC(c3ncncc3-c3ccncc3)C2)cn1. The van der Waals surface area contributed by atoms with Crippen LogP contribution in [-0.2, 0) is 6.54 Å². The number of pyridine rings is 1. The smallest absolute Gasteiger partial charge is 0.257 e. The molecule has 0 aliphatic carbocycles. The van der Waals surface area contributed by atoms with Crippen molar-refractivity contribution in [3.63, 3.8) is 0 Å². The van der Waals surface area contributed by atoms with Gasteiger partial charge in [0.05, 0.1) is 17.5 Å². The molecule has 3 aromatic rings. The van der Waals surface area contributed by atoms with Gasteiger partial charge in [0.15, 0.2) is 0 Å². The van der Waals surface area contributed by atoms with E-state index in [0.717, 1.165) is 42.8 Å². The lowest BCUT2D eigenvalue weighted by molar-refractivity contribution is 0.0706. The van der Waals surface area contributed by atoms with Crippen molar-refractivity contribution in [1.82, 2.24) is 29.6 Å². The highest BCUT2D eigenvalue weighted by Gasteiger charge is 2.28. The van der Waals surface area contributed by atoms with E-state index in [-0.39, 0.29) is 11.8 Å². The third kappa shape index (κ3) is 3.58. The quantitative estimate of drug-likeness (QED) is 0.713. The van der Waals surface area contributed by atoms with E-state index >= 15 is 0 Å². The fourth-order valence-corrected chi connectivity index (χ4v) is 3.63. The maximum absolute atomic E-state index is 12.9. The maximum Gasteiger partial charge on any atom is 0.257 e. The van der Waals surface area contributed by atoms with Crippen LogP contribution in [0.25, 0.3) is 11.1 Å². The molecule has 4 heterocycles. The Bertz CT molecular complexity index is 923. The number of nitrogens with zero attached hydrogens (tertiary/aromatic N) is 6. The number of aromatic nitrogens is 5. The van der Waals surface area contributed by atoms with Crippen LogP contribution in [0.5, 0.6) is 0 Å². The number of amides is 1. The molecular weight excluding hydrogens is 340 g/mol. The summed E-state index contributed by atoms with van der Waals surface area (Å²) >= 11 is 0. The summed E-state index contributed by atoms with van der Waals surface area (Å²) in [6, 6.07) is 3.93. The average molecular weight is 362 g/mol. The van der Waals surface area contributed by atoms with Gasteiger partial charge in [-0.25, -0.2) is 9.97 Å². The van der Waals surface area contributed by atoms with E-state index in [1.165, 1.54) is 0 Å². The molecular formula is C20H22N6O. The highest BCUT2D eigenvalue weighted by molar-refractivity contribution is 5.93. The van der Waals surface area contributed by atoms with Crippen LogP contribution in [0.4, 0.5) is 0 Å². The molecule has 0 radical (unpaired) electrons. The molecule has 0 spiro atoms. The van der Waals surface area contributed by atoms with Gasteiger partial charge in [-0.15, -0.1) is 0 Å². The normalized spacial score (nSPS) is 17.1. The fourth-order valence-electron chi connectivity index (χ4n) is 3.63. The standard InChI is InChI=1S/C20H22N6O/c1-2-26-13-17(10-24-26)20(27)25-9-3-4-16(12-25)19-18(11-22-14-23-19)15-5-7-21-8-6-15/h5-8,10-11,13-14,16H,2-4,9,12H2,1H3. The van der Waals surface area contributed by atoms with Crippen LogP contribution in [0.2, 0.25) is 0 Å². The van der Waals surface area contributed by atoms with E-state index in [4.69, 9.17) is 0 Å². The molecule has 1 amide bonds. The summed E-state index contributed by atoms with van der Waals surface area (Å²) in [5, 5.41) is 4.22. The fraction of sp³-hybridized carbons (Fsp3) is 0.350. The molecule has 1 fully saturated rings. The number of piperidine rings is 1. The Morgan fingerprint density at radius 1 is 1.22 bits per heavy atom. The van der Waals surface area contributed by atoms with Crippen LogP contribution in [-0.4, -0.2) is 48.6 Å². The number of carbonyl (C=O) groups is 1. The number of likely N-dealkylation sites (tertiary alicyclic amines) is 1. The zero-order valence-electron chi connectivity index (χ0n) is 15.3. The van der Waals surface area contributed by atoms with E-state index in [1.54, 1.807) is 29.6 Å². The van der Waals surface area contributed by atoms with Gasteiger partial charge in [-0.1, -0.05) is 0 Å². The van der Waals surface area contributed by atoms with Gasteiger partial charge in [-0.2, -0.15) is 5.10 Å². The van der Waals surface area contributed by atoms with Crippen LogP contribution >= 0.6 is 0 Å². The van der Waals surface area contributed by atoms with E-state index in [9.17, 15) is 4.79 Å². The van der Waals surface area contributed by atoms with Crippen LogP contribution in [0.15, 0.2) is 49.4 Å². The third-order valence-corrected chi connectivity index (χ3v) is 5.03. The van der Waals surface area contributed by atoms with E-state index in [2.05, 4.69) is 20.1 Å². The summed E-state index contributed by atoms with van der Waals surface area (Å²) in [5.74, 6) is 0.231. The number of hydrogen-bond acceptors (Lipinski definition) is 5. The van der Waals surface area contributed by atoms with Gasteiger partial charge in [0.1, 0.15) is 6.33 Å². The largest absolute Gasteiger partial charge is 0.338 e. The average Bonchev–Trinajstić information content (AvgIpc) is 3.23. The molecule has 0 bridgehead atoms. The van der Waals surface area contributed by atoms with E-state index in [1.807, 2.05) is 36.4 Å². The molecule has 1 aliphatic heterocycles. The van der Waals surface area contributed by atoms with E-state index < -0.39 is 0 Å². The Labute approximate surface area is 158 Å². The number of rotatable bonds is 4. The minimum absolute atomic E-state index is 0.0407. The molecule has 3 aromatic heterocycles. The Morgan fingerprint density at radius 3 is 2.85 bits per heavy atom. The molecule has 1 unspecified atom stereocenters. The molecule has 1 aliphatic rings. The monoisotopic (exact) mass is 362 g/mol. The number of hydrogen-bond donors (Lipinski definition) is 0. The Morgan fingerprint density at radius 2 is 2.07 bits per heavy atom. The minimum atomic E-state index is 0.0407. The van der Waals surface area contributed by atoms with Crippen molar-refractivity contribution in [3.8, 4) is 11.1 Å². The minimum Gasteiger partial charge on any atom is -0.338 e. The topological polar surface area (TPSA) is 76.8 Å². The van der Waals surface area contributed by atoms with Crippen LogP contribution in [0.3, 0.4) is 0 Å². The molecule has 27 heavy (non-hydrogen) atoms. The Hall–Kier alpha value is -3.09. The van der Waals surface area contributed by atoms with Gasteiger partial charge in [-0.05, 0) is 37.5 Å². The van der Waals surface area contributed by atoms with Crippen molar-refractivity contribution in [2.45, 2.75) is 32.2 Å². The first-order valence-corrected chi connectivity index (χ1v) is 9.28. The van der Waals surface area contributed by atoms with Crippen LogP contribution in [0.1, 0.15) is 41.7 Å². The third-order valence-electron chi connectivity index (χ3n) is 5.03. The predicted octanol–water partition coefficient (Wildman–Crippen LogP) is 2.77. The molecule has 7 heteroatoms. The van der Waals surface area contributed by atoms with Crippen molar-refractivity contribution in [2.75, 3.05) is 13.1 Å². The van der Waals surface area contributed by atoms with Gasteiger partial charge >= 0.3 is 0 Å². The number of aryl methyl sites for hydroxylation is 1. The van der Waals surface area contributed by atoms with Crippen LogP contribution < -0.4 is 0 Å². The summed E-state index contributed by atoms with van der Waals surface area (Å²) in [5.41, 5.74) is 3.71. The van der Waals surface area contributed by atoms with Crippen molar-refractivity contribution in [3.05, 3.63) is 60.7 Å². The first-order valence-electron chi connectivity index (χ1n) is 9.28. The molecule has 0 saturated carbocycles. The second-order valence-electron chi connectivity index (χ2n) is 6.73. The van der Waals surface area contributed by atoms with Crippen molar-refractivity contribution >= 4 is 5.91 Å². The molecule has 0 aromatic carbocycles. The predicted molar refractivity (Wildman–Crippen MR) is 101 cm³/mol. The molecule has 4 rings (SSSR count). The van der Waals surface area contributed by atoms with Gasteiger partial charge in [0.2, 0.25) is 0 Å². The molecule has 0 N–H and O–H groups in total. The van der Waals surface area contributed by atoms with Crippen molar-refractivity contribution in [1.29, 1.82) is 0 Å². The highest BCUT2D eigenvalue weighted by atomic mass is 16.2. The molecule has 1 atom stereocenters. The lowest BCUT2D eigenvalue weighted by Gasteiger charge is -2.33. The van der Waals surface area contributed by atoms with Gasteiger partial charge in [-0.3, -0.25) is 14.5 Å². The first kappa shape index (κ1) is 17.3. The van der Waals surface area contributed by atoms with Crippen molar-refractivity contribution in [2.24, 2.45) is 0 Å². The Balaban J connectivity index is 1.58. The summed E-state index contributed by atoms with van der Waals surface area (Å²) in [7, 11) is 0. The lowest BCUT2D eigenvalue weighted by atomic mass is 9.90. The van der Waals surface area contributed by atoms with E-state index in [0.29, 0.717) is 12.1 Å². The van der Waals surface area contributed by atoms with Gasteiger partial charge in [0.25, 0.3) is 5.91 Å². The van der Waals surface area contributed by atoms with Crippen LogP contribution in [0, 0.1) is 0 Å². The summed E-state index contributed by atoms with van der Waals surface area (Å²) in [6.45, 7) is 4.19. The second kappa shape index (κ2) is 7.65. The molecule has 138 valence electrons. The van der Waals surface area contributed by atoms with Gasteiger partial charge < -0.3 is 4.90 Å². The summed E-state index contributed by atoms with van der Waals surface area (Å²) < 4.78 is 1.78. The summed E-state index contributed by atoms with van der Waals surface area (Å²) in [4.78, 5) is 27.7. The maximum atomic E-state index is 12.9. The number of carbonyl (C=O) groups excluding carboxylic acids is 1. The molecule has 7 nitrogen and oxygen atoms in total. The molecule has 1 saturated heterocycles. The first-order chi connectivity index (χ1) is 13.3. The lowest BCUT2D eigenvalue weighted by Crippen LogP contribution is -2.39. The highest BCUT2D eigenvalue weighted by Crippen LogP contribution is 2.32. The van der Waals surface area contributed by atoms with Crippen molar-refractivity contribution < 1.29 is 4.79 Å². The van der Waals surface area contributed by atoms with Gasteiger partial charge in [0, 0.05) is 55.9 Å². The zero-order chi connectivity index (χ0) is 18.6. The zero-order valence-corrected chi connectivity index (χ0v) is 15.3. The Kier molecular flexibility index (Phi) is 4.91. The second-order valence-corrected chi connectivity index (χ2v) is 6.73. The summed E-state index contributed by atoms with van der Waals surface area (Å²) in [6.07, 6.45) is 12.4.